The van der Waals surface area contributed by atoms with Crippen LogP contribution in [0.15, 0.2) is 12.4 Å². The molecule has 7 heteroatoms. The summed E-state index contributed by atoms with van der Waals surface area (Å²) >= 11 is 0. The Balaban J connectivity index is 1.85. The van der Waals surface area contributed by atoms with Gasteiger partial charge in [0, 0.05) is 24.7 Å². The van der Waals surface area contributed by atoms with Gasteiger partial charge in [0.25, 0.3) is 0 Å². The normalized spacial score (nSPS) is 22.9. The van der Waals surface area contributed by atoms with E-state index >= 15 is 0 Å². The van der Waals surface area contributed by atoms with Crippen molar-refractivity contribution in [2.24, 2.45) is 11.3 Å². The molecule has 4 atom stereocenters. The van der Waals surface area contributed by atoms with Gasteiger partial charge in [-0.15, -0.1) is 0 Å². The number of aromatic nitrogens is 2. The summed E-state index contributed by atoms with van der Waals surface area (Å²) in [5, 5.41) is 9.89. The van der Waals surface area contributed by atoms with E-state index in [1.165, 1.54) is 13.3 Å². The zero-order valence-corrected chi connectivity index (χ0v) is 19.3. The van der Waals surface area contributed by atoms with Gasteiger partial charge in [-0.1, -0.05) is 13.8 Å². The molecule has 0 radical (unpaired) electrons. The molecule has 0 bridgehead atoms. The van der Waals surface area contributed by atoms with Crippen LogP contribution in [0.25, 0.3) is 11.0 Å². The zero-order chi connectivity index (χ0) is 22.9. The molecular weight excluding hydrogens is 395 g/mol. The Labute approximate surface area is 183 Å². The number of aromatic amines is 1. The first-order valence-corrected chi connectivity index (χ1v) is 11.0. The van der Waals surface area contributed by atoms with Crippen molar-refractivity contribution in [3.05, 3.63) is 23.8 Å². The van der Waals surface area contributed by atoms with E-state index in [2.05, 4.69) is 29.9 Å². The number of nitriles is 1. The smallest absolute Gasteiger partial charge is 0.223 e. The molecule has 1 saturated heterocycles. The van der Waals surface area contributed by atoms with Crippen molar-refractivity contribution < 1.29 is 13.9 Å². The lowest BCUT2D eigenvalue weighted by Gasteiger charge is -2.45. The maximum atomic E-state index is 14.9. The van der Waals surface area contributed by atoms with Crippen molar-refractivity contribution in [2.45, 2.75) is 78.3 Å². The van der Waals surface area contributed by atoms with Gasteiger partial charge < -0.3 is 14.6 Å². The van der Waals surface area contributed by atoms with Gasteiger partial charge in [-0.2, -0.15) is 5.26 Å². The minimum atomic E-state index is -0.492. The molecular formula is C24H33FN4O2. The number of likely N-dealkylation sites (tertiary alicyclic amines) is 1. The number of nitrogens with zero attached hydrogens (tertiary/aromatic N) is 3. The predicted molar refractivity (Wildman–Crippen MR) is 118 cm³/mol. The number of ether oxygens (including phenoxy) is 1. The van der Waals surface area contributed by atoms with Crippen LogP contribution in [0.5, 0.6) is 5.75 Å². The average Bonchev–Trinajstić information content (AvgIpc) is 3.12. The third-order valence-electron chi connectivity index (χ3n) is 6.49. The fraction of sp³-hybridized carbons (Fsp3) is 0.625. The molecule has 1 amide bonds. The number of pyridine rings is 1. The van der Waals surface area contributed by atoms with Crippen molar-refractivity contribution in [1.82, 2.24) is 14.9 Å². The highest BCUT2D eigenvalue weighted by molar-refractivity contribution is 5.84. The Bertz CT molecular complexity index is 993. The van der Waals surface area contributed by atoms with E-state index in [9.17, 15) is 14.4 Å². The van der Waals surface area contributed by atoms with Crippen LogP contribution in [0.4, 0.5) is 4.39 Å². The summed E-state index contributed by atoms with van der Waals surface area (Å²) in [6.45, 7) is 10.1. The van der Waals surface area contributed by atoms with E-state index < -0.39 is 11.2 Å². The molecule has 6 nitrogen and oxygen atoms in total. The monoisotopic (exact) mass is 428 g/mol. The maximum Gasteiger partial charge on any atom is 0.223 e. The van der Waals surface area contributed by atoms with Crippen molar-refractivity contribution in [3.8, 4) is 11.8 Å². The third kappa shape index (κ3) is 4.68. The van der Waals surface area contributed by atoms with Gasteiger partial charge >= 0.3 is 0 Å². The van der Waals surface area contributed by atoms with Gasteiger partial charge in [0.05, 0.1) is 30.2 Å². The van der Waals surface area contributed by atoms with Crippen molar-refractivity contribution in [2.75, 3.05) is 7.11 Å². The Hall–Kier alpha value is -2.62. The fourth-order valence-electron chi connectivity index (χ4n) is 5.07. The number of hydrogen-bond donors (Lipinski definition) is 1. The molecule has 31 heavy (non-hydrogen) atoms. The minimum Gasteiger partial charge on any atom is -0.492 e. The second kappa shape index (κ2) is 8.86. The van der Waals surface area contributed by atoms with Gasteiger partial charge in [-0.25, -0.2) is 9.37 Å². The average molecular weight is 429 g/mol. The van der Waals surface area contributed by atoms with Crippen LogP contribution < -0.4 is 4.74 Å². The summed E-state index contributed by atoms with van der Waals surface area (Å²) < 4.78 is 20.0. The quantitative estimate of drug-likeness (QED) is 0.689. The summed E-state index contributed by atoms with van der Waals surface area (Å²) in [7, 11) is 1.41. The molecule has 1 fully saturated rings. The number of methoxy groups -OCH3 is 1. The van der Waals surface area contributed by atoms with Crippen molar-refractivity contribution in [3.63, 3.8) is 0 Å². The lowest BCUT2D eigenvalue weighted by Crippen LogP contribution is -2.52. The molecule has 0 aliphatic carbocycles. The van der Waals surface area contributed by atoms with Gasteiger partial charge in [-0.05, 0) is 57.4 Å². The standard InChI is InChI=1S/C24H33FN4O2/c1-14-7-16(3)29(17(8-14)10-24(4,5)13-26)20(30)9-15(2)18-11-27-23-21(18)22(25)19(31-6)12-28-23/h11-12,14-17H,7-10H2,1-6H3,(H,27,28). The number of fused-ring (bicyclic) bond motifs is 1. The molecule has 168 valence electrons. The first-order valence-electron chi connectivity index (χ1n) is 11.0. The lowest BCUT2D eigenvalue weighted by atomic mass is 9.79. The van der Waals surface area contributed by atoms with Crippen LogP contribution in [0, 0.1) is 28.5 Å². The number of halogens is 1. The van der Waals surface area contributed by atoms with Crippen molar-refractivity contribution >= 4 is 16.9 Å². The summed E-state index contributed by atoms with van der Waals surface area (Å²) in [6.07, 6.45) is 5.86. The third-order valence-corrected chi connectivity index (χ3v) is 6.49. The van der Waals surface area contributed by atoms with Crippen LogP contribution in [0.3, 0.4) is 0 Å². The number of amides is 1. The van der Waals surface area contributed by atoms with E-state index in [1.54, 1.807) is 6.20 Å². The van der Waals surface area contributed by atoms with E-state index in [0.717, 1.165) is 18.4 Å². The molecule has 3 heterocycles. The number of rotatable bonds is 6. The predicted octanol–water partition coefficient (Wildman–Crippen LogP) is 5.16. The van der Waals surface area contributed by atoms with E-state index in [0.29, 0.717) is 23.4 Å². The number of H-pyrrole nitrogens is 1. The molecule has 1 N–H and O–H groups in total. The number of nitrogens with one attached hydrogen (secondary N) is 1. The van der Waals surface area contributed by atoms with Gasteiger partial charge in [0.1, 0.15) is 5.65 Å². The van der Waals surface area contributed by atoms with Gasteiger partial charge in [0.2, 0.25) is 5.91 Å². The number of carbonyl (C=O) groups excluding carboxylic acids is 1. The van der Waals surface area contributed by atoms with Crippen LogP contribution in [0.2, 0.25) is 0 Å². The fourth-order valence-corrected chi connectivity index (χ4v) is 5.07. The SMILES string of the molecule is COc1cnc2[nH]cc(C(C)CC(=O)N3C(C)CC(C)CC3CC(C)(C)C#N)c2c1F. The molecule has 2 aromatic heterocycles. The van der Waals surface area contributed by atoms with Crippen molar-refractivity contribution in [1.29, 1.82) is 5.26 Å². The highest BCUT2D eigenvalue weighted by Crippen LogP contribution is 2.37. The molecule has 0 saturated carbocycles. The molecule has 0 spiro atoms. The zero-order valence-electron chi connectivity index (χ0n) is 19.3. The summed E-state index contributed by atoms with van der Waals surface area (Å²) in [5.41, 5.74) is 0.675. The van der Waals surface area contributed by atoms with Crippen LogP contribution in [0.1, 0.15) is 71.8 Å². The number of hydrogen-bond acceptors (Lipinski definition) is 4. The van der Waals surface area contributed by atoms with Crippen LogP contribution in [-0.4, -0.2) is 40.0 Å². The molecule has 1 aliphatic heterocycles. The lowest BCUT2D eigenvalue weighted by molar-refractivity contribution is -0.139. The first-order chi connectivity index (χ1) is 14.6. The summed E-state index contributed by atoms with van der Waals surface area (Å²) in [6, 6.07) is 2.53. The van der Waals surface area contributed by atoms with E-state index in [4.69, 9.17) is 4.74 Å². The Morgan fingerprint density at radius 3 is 2.81 bits per heavy atom. The second-order valence-electron chi connectivity index (χ2n) is 9.79. The molecule has 2 aromatic rings. The van der Waals surface area contributed by atoms with Gasteiger partial charge in [-0.3, -0.25) is 4.79 Å². The highest BCUT2D eigenvalue weighted by Gasteiger charge is 2.38. The summed E-state index contributed by atoms with van der Waals surface area (Å²) in [4.78, 5) is 22.7. The molecule has 0 aromatic carbocycles. The second-order valence-corrected chi connectivity index (χ2v) is 9.79. The maximum absolute atomic E-state index is 14.9. The number of piperidine rings is 1. The largest absolute Gasteiger partial charge is 0.492 e. The van der Waals surface area contributed by atoms with Crippen LogP contribution >= 0.6 is 0 Å². The minimum absolute atomic E-state index is 0.0366. The topological polar surface area (TPSA) is 82.0 Å². The Morgan fingerprint density at radius 1 is 1.45 bits per heavy atom. The van der Waals surface area contributed by atoms with Gasteiger partial charge in [0.15, 0.2) is 11.6 Å². The Kier molecular flexibility index (Phi) is 6.59. The molecule has 4 unspecified atom stereocenters. The Morgan fingerprint density at radius 2 is 2.16 bits per heavy atom. The van der Waals surface area contributed by atoms with E-state index in [-0.39, 0.29) is 36.1 Å². The number of carbonyl (C=O) groups is 1. The molecule has 3 rings (SSSR count). The highest BCUT2D eigenvalue weighted by atomic mass is 19.1. The van der Waals surface area contributed by atoms with Crippen LogP contribution in [-0.2, 0) is 4.79 Å². The van der Waals surface area contributed by atoms with E-state index in [1.807, 2.05) is 25.7 Å². The molecule has 1 aliphatic rings. The summed E-state index contributed by atoms with van der Waals surface area (Å²) in [5.74, 6) is -0.00418. The first kappa shape index (κ1) is 23.1.